The van der Waals surface area contributed by atoms with Crippen LogP contribution >= 0.6 is 0 Å². The molecule has 0 aliphatic rings. The Morgan fingerprint density at radius 1 is 0.978 bits per heavy atom. The van der Waals surface area contributed by atoms with Gasteiger partial charge in [0.25, 0.3) is 0 Å². The number of nitrogens with one attached hydrogen (secondary N) is 4. The van der Waals surface area contributed by atoms with Gasteiger partial charge < -0.3 is 47.5 Å². The molecule has 0 bridgehead atoms. The van der Waals surface area contributed by atoms with Gasteiger partial charge in [-0.15, -0.1) is 0 Å². The van der Waals surface area contributed by atoms with Gasteiger partial charge in [-0.3, -0.25) is 15.0 Å². The third-order valence-corrected chi connectivity index (χ3v) is 7.25. The monoisotopic (exact) mass is 617 g/mol. The number of carboxylic acid groups (broad SMARTS) is 2. The van der Waals surface area contributed by atoms with Crippen molar-refractivity contribution in [3.63, 3.8) is 0 Å². The first-order valence-corrected chi connectivity index (χ1v) is 13.4. The normalized spacial score (nSPS) is 12.0. The lowest BCUT2D eigenvalue weighted by Gasteiger charge is -2.27. The Kier molecular flexibility index (Phi) is 8.65. The smallest absolute Gasteiger partial charge is 0.326 e. The summed E-state index contributed by atoms with van der Waals surface area (Å²) < 4.78 is 0. The number of imidazole rings is 1. The molecule has 0 spiro atoms. The van der Waals surface area contributed by atoms with Crippen LogP contribution in [-0.4, -0.2) is 66.1 Å². The summed E-state index contributed by atoms with van der Waals surface area (Å²) in [5.74, 6) is -4.38. The topological polar surface area (TPSA) is 278 Å². The maximum absolute atomic E-state index is 13.5. The predicted octanol–water partition coefficient (Wildman–Crippen LogP) is 2.08. The molecule has 0 aliphatic heterocycles. The number of carbonyl (C=O) groups excluding carboxylic acids is 2. The summed E-state index contributed by atoms with van der Waals surface area (Å²) in [5, 5.41) is 53.5. The van der Waals surface area contributed by atoms with Crippen LogP contribution in [0.25, 0.3) is 33.5 Å². The Morgan fingerprint density at radius 3 is 2.29 bits per heavy atom. The number of aromatic nitrogens is 2. The predicted molar refractivity (Wildman–Crippen MR) is 163 cm³/mol. The van der Waals surface area contributed by atoms with Gasteiger partial charge in [-0.05, 0) is 67.4 Å². The van der Waals surface area contributed by atoms with Crippen molar-refractivity contribution in [2.24, 2.45) is 11.5 Å². The molecule has 15 heteroatoms. The van der Waals surface area contributed by atoms with Crippen molar-refractivity contribution in [3.05, 3.63) is 65.2 Å². The zero-order valence-corrected chi connectivity index (χ0v) is 24.1. The van der Waals surface area contributed by atoms with Gasteiger partial charge in [0.05, 0.1) is 28.4 Å². The fraction of sp³-hybridized carbons (Fsp3) is 0.200. The summed E-state index contributed by atoms with van der Waals surface area (Å²) in [6, 6.07) is 9.63. The molecule has 1 aromatic heterocycles. The molecule has 1 unspecified atom stereocenters. The van der Waals surface area contributed by atoms with Gasteiger partial charge in [-0.2, -0.15) is 0 Å². The van der Waals surface area contributed by atoms with Gasteiger partial charge in [-0.1, -0.05) is 6.07 Å². The highest BCUT2D eigenvalue weighted by Crippen LogP contribution is 2.44. The molecule has 45 heavy (non-hydrogen) atoms. The number of primary amides is 1. The Morgan fingerprint density at radius 2 is 1.67 bits per heavy atom. The van der Waals surface area contributed by atoms with Gasteiger partial charge in [0.1, 0.15) is 29.2 Å². The summed E-state index contributed by atoms with van der Waals surface area (Å²) in [4.78, 5) is 55.2. The molecule has 0 aliphatic carbocycles. The number of phenolic OH excluding ortho intramolecular Hbond substituents is 2. The van der Waals surface area contributed by atoms with Crippen LogP contribution in [0.4, 0.5) is 4.79 Å². The van der Waals surface area contributed by atoms with E-state index in [9.17, 15) is 34.5 Å². The molecule has 12 N–H and O–H groups in total. The molecule has 4 rings (SSSR count). The number of fused-ring (bicyclic) bond motifs is 1. The van der Waals surface area contributed by atoms with Gasteiger partial charge in [0.2, 0.25) is 5.91 Å². The summed E-state index contributed by atoms with van der Waals surface area (Å²) in [7, 11) is 0. The van der Waals surface area contributed by atoms with E-state index in [0.717, 1.165) is 0 Å². The van der Waals surface area contributed by atoms with Gasteiger partial charge >= 0.3 is 18.0 Å². The third-order valence-electron chi connectivity index (χ3n) is 7.25. The van der Waals surface area contributed by atoms with Crippen molar-refractivity contribution < 1.29 is 39.6 Å². The average molecular weight is 618 g/mol. The number of hydrogen-bond donors (Lipinski definition) is 10. The Hall–Kier alpha value is -6.12. The minimum atomic E-state index is -1.71. The lowest BCUT2D eigenvalue weighted by molar-refractivity contribution is -0.147. The Bertz CT molecular complexity index is 1860. The van der Waals surface area contributed by atoms with E-state index in [1.165, 1.54) is 44.2 Å². The molecule has 234 valence electrons. The molecule has 0 saturated carbocycles. The summed E-state index contributed by atoms with van der Waals surface area (Å²) >= 11 is 0. The number of carboxylic acids is 2. The molecule has 15 nitrogen and oxygen atoms in total. The molecule has 1 atom stereocenters. The van der Waals surface area contributed by atoms with E-state index in [1.54, 1.807) is 18.2 Å². The number of H-pyrrole nitrogens is 1. The van der Waals surface area contributed by atoms with E-state index in [2.05, 4.69) is 20.6 Å². The number of nitrogens with zero attached hydrogens (tertiary/aromatic N) is 1. The van der Waals surface area contributed by atoms with E-state index in [4.69, 9.17) is 22.0 Å². The largest absolute Gasteiger partial charge is 0.507 e. The number of aromatic amines is 1. The maximum Gasteiger partial charge on any atom is 0.326 e. The molecule has 3 amide bonds. The van der Waals surface area contributed by atoms with Crippen LogP contribution in [0.15, 0.2) is 48.5 Å². The molecular formula is C30H31N7O8. The van der Waals surface area contributed by atoms with E-state index in [1.807, 2.05) is 0 Å². The first-order chi connectivity index (χ1) is 21.1. The van der Waals surface area contributed by atoms with Crippen LogP contribution in [0.3, 0.4) is 0 Å². The second kappa shape index (κ2) is 12.2. The van der Waals surface area contributed by atoms with Gasteiger partial charge in [0, 0.05) is 23.2 Å². The highest BCUT2D eigenvalue weighted by molar-refractivity contribution is 5.99. The fourth-order valence-electron chi connectivity index (χ4n) is 4.63. The number of urea groups is 1. The number of amides is 3. The van der Waals surface area contributed by atoms with E-state index in [-0.39, 0.29) is 52.0 Å². The van der Waals surface area contributed by atoms with Crippen LogP contribution in [0, 0.1) is 5.41 Å². The molecule has 4 aromatic rings. The zero-order chi connectivity index (χ0) is 33.2. The highest BCUT2D eigenvalue weighted by atomic mass is 16.4. The quantitative estimate of drug-likeness (QED) is 0.0863. The fourth-order valence-corrected chi connectivity index (χ4v) is 4.63. The van der Waals surface area contributed by atoms with E-state index < -0.39 is 41.8 Å². The standard InChI is InChI=1S/C30H31N7O8/c1-30(2,28(44)37-21(27(42)43)11-23(39)40)15-9-17(16-7-13(3-6-22(16)38)12-34-29(33)45)24(41)18(10-15)26-35-19-5-4-14(25(31)32)8-20(19)36-26/h3-10,21,38,41H,11-12H2,1-2H3,(H3,31,32)(H,35,36)(H,37,44)(H,39,40)(H,42,43)(H3,33,34,45). The van der Waals surface area contributed by atoms with Crippen molar-refractivity contribution >= 4 is 40.7 Å². The molecule has 1 heterocycles. The second-order valence-corrected chi connectivity index (χ2v) is 10.8. The number of amidine groups is 1. The molecule has 3 aromatic carbocycles. The zero-order valence-electron chi connectivity index (χ0n) is 24.1. The van der Waals surface area contributed by atoms with Gasteiger partial charge in [0.15, 0.2) is 0 Å². The molecule has 0 saturated heterocycles. The van der Waals surface area contributed by atoms with E-state index >= 15 is 0 Å². The number of rotatable bonds is 11. The molecular weight excluding hydrogens is 586 g/mol. The SMILES string of the molecule is CC(C)(C(=O)NC(CC(=O)O)C(=O)O)c1cc(-c2nc3ccc(C(=N)N)cc3[nH]2)c(O)c(-c2cc(CNC(N)=O)ccc2O)c1. The van der Waals surface area contributed by atoms with Crippen molar-refractivity contribution in [1.82, 2.24) is 20.6 Å². The highest BCUT2D eigenvalue weighted by Gasteiger charge is 2.35. The van der Waals surface area contributed by atoms with Crippen molar-refractivity contribution in [3.8, 4) is 34.0 Å². The molecule has 0 fully saturated rings. The number of aliphatic carboxylic acids is 2. The number of benzene rings is 3. The van der Waals surface area contributed by atoms with Gasteiger partial charge in [-0.25, -0.2) is 14.6 Å². The number of hydrogen-bond acceptors (Lipinski definition) is 8. The van der Waals surface area contributed by atoms with E-state index in [0.29, 0.717) is 22.2 Å². The summed E-state index contributed by atoms with van der Waals surface area (Å²) in [5.41, 5.74) is 11.7. The number of nitrogens with two attached hydrogens (primary N) is 2. The van der Waals surface area contributed by atoms with Crippen molar-refractivity contribution in [1.29, 1.82) is 5.41 Å². The Labute approximate surface area is 255 Å². The van der Waals surface area contributed by atoms with Crippen LogP contribution in [-0.2, 0) is 26.3 Å². The van der Waals surface area contributed by atoms with Crippen LogP contribution < -0.4 is 22.1 Å². The van der Waals surface area contributed by atoms with Crippen LogP contribution in [0.2, 0.25) is 0 Å². The minimum absolute atomic E-state index is 0.00598. The number of nitrogen functional groups attached to an aromatic ring is 1. The lowest BCUT2D eigenvalue weighted by atomic mass is 9.80. The molecule has 0 radical (unpaired) electrons. The third kappa shape index (κ3) is 6.77. The average Bonchev–Trinajstić information content (AvgIpc) is 3.39. The number of carbonyl (C=O) groups is 4. The first kappa shape index (κ1) is 31.8. The van der Waals surface area contributed by atoms with Crippen LogP contribution in [0.1, 0.15) is 37.0 Å². The van der Waals surface area contributed by atoms with Crippen molar-refractivity contribution in [2.75, 3.05) is 0 Å². The second-order valence-electron chi connectivity index (χ2n) is 10.8. The first-order valence-electron chi connectivity index (χ1n) is 13.4. The van der Waals surface area contributed by atoms with Crippen LogP contribution in [0.5, 0.6) is 11.5 Å². The maximum atomic E-state index is 13.5. The minimum Gasteiger partial charge on any atom is -0.507 e. The Balaban J connectivity index is 1.92. The number of phenols is 2. The lowest BCUT2D eigenvalue weighted by Crippen LogP contribution is -2.49. The van der Waals surface area contributed by atoms with Crippen molar-refractivity contribution in [2.45, 2.75) is 38.3 Å². The number of aromatic hydroxyl groups is 2. The summed E-state index contributed by atoms with van der Waals surface area (Å²) in [6.45, 7) is 2.96. The summed E-state index contributed by atoms with van der Waals surface area (Å²) in [6.07, 6.45) is -0.857.